The van der Waals surface area contributed by atoms with Crippen LogP contribution in [0.5, 0.6) is 0 Å². The van der Waals surface area contributed by atoms with Crippen LogP contribution in [0.15, 0.2) is 6.33 Å². The molecule has 1 aromatic heterocycles. The molecule has 6 heteroatoms. The molecule has 2 heterocycles. The van der Waals surface area contributed by atoms with Crippen LogP contribution in [0.3, 0.4) is 0 Å². The summed E-state index contributed by atoms with van der Waals surface area (Å²) in [4.78, 5) is 28.3. The van der Waals surface area contributed by atoms with E-state index < -0.39 is 17.8 Å². The molecule has 0 fully saturated rings. The van der Waals surface area contributed by atoms with E-state index in [0.717, 1.165) is 0 Å². The Balaban J connectivity index is 2.32. The van der Waals surface area contributed by atoms with E-state index in [9.17, 15) is 9.59 Å². The molecule has 13 heavy (non-hydrogen) atoms. The molecule has 1 aromatic rings. The highest BCUT2D eigenvalue weighted by Gasteiger charge is 2.33. The van der Waals surface area contributed by atoms with Gasteiger partial charge in [-0.05, 0) is 0 Å². The average Bonchev–Trinajstić information content (AvgIpc) is 2.48. The Kier molecular flexibility index (Phi) is 1.54. The van der Waals surface area contributed by atoms with Crippen LogP contribution in [0.25, 0.3) is 0 Å². The molecule has 1 amide bonds. The lowest BCUT2D eigenvalue weighted by Gasteiger charge is -2.17. The number of fused-ring (bicyclic) bond motifs is 1. The summed E-state index contributed by atoms with van der Waals surface area (Å²) < 4.78 is 0. The predicted octanol–water partition coefficient (Wildman–Crippen LogP) is -0.395. The minimum atomic E-state index is -1.11. The van der Waals surface area contributed by atoms with Gasteiger partial charge in [0.2, 0.25) is 5.91 Å². The van der Waals surface area contributed by atoms with Crippen molar-refractivity contribution in [3.8, 4) is 0 Å². The van der Waals surface area contributed by atoms with E-state index in [1.165, 1.54) is 6.33 Å². The fourth-order valence-electron chi connectivity index (χ4n) is 1.28. The number of carbonyl (C=O) groups is 2. The molecule has 0 saturated heterocycles. The first-order chi connectivity index (χ1) is 6.18. The second kappa shape index (κ2) is 2.58. The zero-order valence-corrected chi connectivity index (χ0v) is 6.57. The number of hydrogen-bond donors (Lipinski definition) is 3. The quantitative estimate of drug-likeness (QED) is 0.514. The van der Waals surface area contributed by atoms with Crippen LogP contribution < -0.4 is 5.32 Å². The molecule has 3 N–H and O–H groups in total. The molecule has 6 nitrogen and oxygen atoms in total. The van der Waals surface area contributed by atoms with Crippen molar-refractivity contribution in [2.45, 2.75) is 6.42 Å². The second-order valence-electron chi connectivity index (χ2n) is 2.81. The van der Waals surface area contributed by atoms with Gasteiger partial charge in [-0.3, -0.25) is 9.59 Å². The summed E-state index contributed by atoms with van der Waals surface area (Å²) in [6.45, 7) is 0. The summed E-state index contributed by atoms with van der Waals surface area (Å²) >= 11 is 0. The number of aromatic nitrogens is 2. The van der Waals surface area contributed by atoms with Crippen molar-refractivity contribution in [3.63, 3.8) is 0 Å². The number of nitrogens with zero attached hydrogens (tertiary/aromatic N) is 1. The Morgan fingerprint density at radius 1 is 1.69 bits per heavy atom. The first-order valence-electron chi connectivity index (χ1n) is 3.74. The summed E-state index contributed by atoms with van der Waals surface area (Å²) in [7, 11) is 0. The van der Waals surface area contributed by atoms with Crippen LogP contribution in [0.1, 0.15) is 5.69 Å². The standard InChI is InChI=1S/C7H7N3O3/c11-6-3(7(12)13)1-4-5(10-6)9-2-8-4/h2-3H,1H2,(H,8,9)(H,10,11)(H,12,13). The molecule has 0 aliphatic carbocycles. The van der Waals surface area contributed by atoms with E-state index in [-0.39, 0.29) is 6.42 Å². The Labute approximate surface area is 73.0 Å². The number of nitrogens with one attached hydrogen (secondary N) is 2. The van der Waals surface area contributed by atoms with Gasteiger partial charge < -0.3 is 15.4 Å². The molecule has 1 atom stereocenters. The Hall–Kier alpha value is -1.85. The number of carboxylic acid groups (broad SMARTS) is 1. The van der Waals surface area contributed by atoms with Crippen LogP contribution in [0.2, 0.25) is 0 Å². The molecule has 1 aliphatic heterocycles. The van der Waals surface area contributed by atoms with Crippen molar-refractivity contribution in [1.82, 2.24) is 9.97 Å². The molecular formula is C7H7N3O3. The van der Waals surface area contributed by atoms with Gasteiger partial charge in [0, 0.05) is 6.42 Å². The number of aliphatic carboxylic acids is 1. The van der Waals surface area contributed by atoms with Gasteiger partial charge in [-0.25, -0.2) is 4.98 Å². The van der Waals surface area contributed by atoms with Crippen molar-refractivity contribution in [2.75, 3.05) is 5.32 Å². The third-order valence-electron chi connectivity index (χ3n) is 1.98. The third kappa shape index (κ3) is 1.16. The van der Waals surface area contributed by atoms with Gasteiger partial charge in [0.25, 0.3) is 0 Å². The number of anilines is 1. The van der Waals surface area contributed by atoms with Crippen molar-refractivity contribution < 1.29 is 14.7 Å². The summed E-state index contributed by atoms with van der Waals surface area (Å²) in [6.07, 6.45) is 1.60. The maximum Gasteiger partial charge on any atom is 0.316 e. The van der Waals surface area contributed by atoms with E-state index in [2.05, 4.69) is 15.3 Å². The molecule has 1 unspecified atom stereocenters. The van der Waals surface area contributed by atoms with Crippen LogP contribution >= 0.6 is 0 Å². The number of aromatic amines is 1. The summed E-state index contributed by atoms with van der Waals surface area (Å²) in [5, 5.41) is 11.1. The highest BCUT2D eigenvalue weighted by Crippen LogP contribution is 2.21. The van der Waals surface area contributed by atoms with Gasteiger partial charge in [0.05, 0.1) is 12.0 Å². The van der Waals surface area contributed by atoms with Crippen molar-refractivity contribution >= 4 is 17.7 Å². The lowest BCUT2D eigenvalue weighted by Crippen LogP contribution is -2.35. The molecule has 68 valence electrons. The van der Waals surface area contributed by atoms with E-state index in [4.69, 9.17) is 5.11 Å². The Morgan fingerprint density at radius 3 is 3.15 bits per heavy atom. The van der Waals surface area contributed by atoms with Gasteiger partial charge in [-0.2, -0.15) is 0 Å². The lowest BCUT2D eigenvalue weighted by atomic mass is 9.99. The minimum Gasteiger partial charge on any atom is -0.481 e. The number of carbonyl (C=O) groups excluding carboxylic acids is 1. The number of H-pyrrole nitrogens is 1. The molecule has 2 rings (SSSR count). The van der Waals surface area contributed by atoms with E-state index in [0.29, 0.717) is 11.5 Å². The van der Waals surface area contributed by atoms with E-state index in [1.54, 1.807) is 0 Å². The van der Waals surface area contributed by atoms with E-state index >= 15 is 0 Å². The van der Waals surface area contributed by atoms with Gasteiger partial charge in [0.15, 0.2) is 5.82 Å². The van der Waals surface area contributed by atoms with Crippen LogP contribution in [0, 0.1) is 5.92 Å². The molecular weight excluding hydrogens is 174 g/mol. The number of imidazole rings is 1. The van der Waals surface area contributed by atoms with Crippen molar-refractivity contribution in [2.24, 2.45) is 5.92 Å². The normalized spacial score (nSPS) is 20.6. The lowest BCUT2D eigenvalue weighted by molar-refractivity contribution is -0.145. The number of hydrogen-bond acceptors (Lipinski definition) is 3. The smallest absolute Gasteiger partial charge is 0.316 e. The zero-order chi connectivity index (χ0) is 9.42. The minimum absolute atomic E-state index is 0.177. The van der Waals surface area contributed by atoms with Gasteiger partial charge in [-0.15, -0.1) is 0 Å². The molecule has 1 aliphatic rings. The Bertz CT molecular complexity index is 371. The predicted molar refractivity (Wildman–Crippen MR) is 42.0 cm³/mol. The van der Waals surface area contributed by atoms with E-state index in [1.807, 2.05) is 0 Å². The van der Waals surface area contributed by atoms with Gasteiger partial charge >= 0.3 is 5.97 Å². The van der Waals surface area contributed by atoms with Crippen LogP contribution in [-0.4, -0.2) is 27.0 Å². The third-order valence-corrected chi connectivity index (χ3v) is 1.98. The van der Waals surface area contributed by atoms with Crippen LogP contribution in [-0.2, 0) is 16.0 Å². The Morgan fingerprint density at radius 2 is 2.46 bits per heavy atom. The largest absolute Gasteiger partial charge is 0.481 e. The fraction of sp³-hybridized carbons (Fsp3) is 0.286. The summed E-state index contributed by atoms with van der Waals surface area (Å²) in [5.41, 5.74) is 0.659. The van der Waals surface area contributed by atoms with Crippen LogP contribution in [0.4, 0.5) is 5.82 Å². The number of rotatable bonds is 1. The highest BCUT2D eigenvalue weighted by molar-refractivity contribution is 6.05. The number of amides is 1. The highest BCUT2D eigenvalue weighted by atomic mass is 16.4. The molecule has 0 radical (unpaired) electrons. The topological polar surface area (TPSA) is 95.1 Å². The first-order valence-corrected chi connectivity index (χ1v) is 3.74. The van der Waals surface area contributed by atoms with Gasteiger partial charge in [0.1, 0.15) is 5.92 Å². The van der Waals surface area contributed by atoms with Crippen molar-refractivity contribution in [3.05, 3.63) is 12.0 Å². The fourth-order valence-corrected chi connectivity index (χ4v) is 1.28. The van der Waals surface area contributed by atoms with Gasteiger partial charge in [-0.1, -0.05) is 0 Å². The maximum absolute atomic E-state index is 11.2. The summed E-state index contributed by atoms with van der Waals surface area (Å²) in [6, 6.07) is 0. The SMILES string of the molecule is O=C(O)C1Cc2[nH]cnc2NC1=O. The molecule has 0 spiro atoms. The molecule has 0 aromatic carbocycles. The maximum atomic E-state index is 11.2. The average molecular weight is 181 g/mol. The monoisotopic (exact) mass is 181 g/mol. The molecule has 0 saturated carbocycles. The summed E-state index contributed by atoms with van der Waals surface area (Å²) in [5.74, 6) is -2.19. The van der Waals surface area contributed by atoms with Crippen molar-refractivity contribution in [1.29, 1.82) is 0 Å². The molecule has 0 bridgehead atoms. The zero-order valence-electron chi connectivity index (χ0n) is 6.57. The first kappa shape index (κ1) is 7.78. The second-order valence-corrected chi connectivity index (χ2v) is 2.81. The number of carboxylic acids is 1.